The van der Waals surface area contributed by atoms with Crippen LogP contribution in [0.3, 0.4) is 0 Å². The number of piperidine rings is 1. The molecule has 24 heavy (non-hydrogen) atoms. The molecule has 2 aromatic carbocycles. The first-order valence-corrected chi connectivity index (χ1v) is 8.69. The molecule has 1 N–H and O–H groups in total. The molecule has 0 saturated carbocycles. The molecule has 0 atom stereocenters. The van der Waals surface area contributed by atoms with Gasteiger partial charge in [0, 0.05) is 24.2 Å². The van der Waals surface area contributed by atoms with Crippen LogP contribution < -0.4 is 10.2 Å². The quantitative estimate of drug-likeness (QED) is 0.796. The lowest BCUT2D eigenvalue weighted by molar-refractivity contribution is -0.111. The smallest absolute Gasteiger partial charge is 0.248 e. The van der Waals surface area contributed by atoms with Crippen molar-refractivity contribution in [2.45, 2.75) is 19.3 Å². The third-order valence-electron chi connectivity index (χ3n) is 4.16. The van der Waals surface area contributed by atoms with Crippen LogP contribution in [0.25, 0.3) is 6.08 Å². The number of hydrogen-bond donors (Lipinski definition) is 1. The molecule has 1 amide bonds. The van der Waals surface area contributed by atoms with Crippen molar-refractivity contribution in [3.8, 4) is 0 Å². The molecule has 0 unspecified atom stereocenters. The summed E-state index contributed by atoms with van der Waals surface area (Å²) in [5, 5.41) is 3.68. The molecule has 0 aromatic heterocycles. The maximum absolute atomic E-state index is 12.2. The van der Waals surface area contributed by atoms with E-state index >= 15 is 0 Å². The summed E-state index contributed by atoms with van der Waals surface area (Å²) in [6.07, 6.45) is 7.04. The lowest BCUT2D eigenvalue weighted by Gasteiger charge is -2.30. The van der Waals surface area contributed by atoms with Crippen LogP contribution in [0.4, 0.5) is 11.4 Å². The topological polar surface area (TPSA) is 32.3 Å². The van der Waals surface area contributed by atoms with E-state index < -0.39 is 0 Å². The highest BCUT2D eigenvalue weighted by atomic mass is 35.5. The first-order valence-electron chi connectivity index (χ1n) is 8.31. The van der Waals surface area contributed by atoms with Crippen LogP contribution in [0, 0.1) is 0 Å². The van der Waals surface area contributed by atoms with Crippen LogP contribution in [0.2, 0.25) is 5.02 Å². The number of nitrogens with one attached hydrogen (secondary N) is 1. The summed E-state index contributed by atoms with van der Waals surface area (Å²) in [5.41, 5.74) is 2.91. The van der Waals surface area contributed by atoms with Gasteiger partial charge in [0.15, 0.2) is 0 Å². The molecule has 3 nitrogen and oxygen atoms in total. The third-order valence-corrected chi connectivity index (χ3v) is 4.41. The normalized spacial score (nSPS) is 14.8. The number of benzene rings is 2. The number of rotatable bonds is 4. The Kier molecular flexibility index (Phi) is 5.55. The second-order valence-electron chi connectivity index (χ2n) is 5.94. The Labute approximate surface area is 147 Å². The van der Waals surface area contributed by atoms with Crippen LogP contribution >= 0.6 is 11.6 Å². The molecule has 0 bridgehead atoms. The number of nitrogens with zero attached hydrogens (tertiary/aromatic N) is 1. The zero-order chi connectivity index (χ0) is 16.8. The predicted octanol–water partition coefficient (Wildman–Crippen LogP) is 4.98. The highest BCUT2D eigenvalue weighted by Gasteiger charge is 2.14. The molecule has 2 aromatic rings. The average molecular weight is 341 g/mol. The molecule has 3 rings (SSSR count). The summed E-state index contributed by atoms with van der Waals surface area (Å²) in [6, 6.07) is 15.4. The van der Waals surface area contributed by atoms with Crippen LogP contribution in [0.5, 0.6) is 0 Å². The largest absolute Gasteiger partial charge is 0.370 e. The molecule has 1 aliphatic heterocycles. The zero-order valence-electron chi connectivity index (χ0n) is 13.5. The zero-order valence-corrected chi connectivity index (χ0v) is 14.3. The number of amides is 1. The first kappa shape index (κ1) is 16.6. The van der Waals surface area contributed by atoms with Gasteiger partial charge < -0.3 is 10.2 Å². The van der Waals surface area contributed by atoms with Gasteiger partial charge in [-0.05, 0) is 55.2 Å². The van der Waals surface area contributed by atoms with E-state index in [4.69, 9.17) is 11.6 Å². The lowest BCUT2D eigenvalue weighted by Crippen LogP contribution is -2.30. The van der Waals surface area contributed by atoms with Gasteiger partial charge in [-0.1, -0.05) is 35.9 Å². The Morgan fingerprint density at radius 3 is 2.46 bits per heavy atom. The second kappa shape index (κ2) is 8.02. The van der Waals surface area contributed by atoms with E-state index in [0.29, 0.717) is 5.02 Å². The molecule has 1 saturated heterocycles. The maximum atomic E-state index is 12.2. The van der Waals surface area contributed by atoms with Gasteiger partial charge in [0.05, 0.1) is 11.4 Å². The van der Waals surface area contributed by atoms with Gasteiger partial charge >= 0.3 is 0 Å². The first-order chi connectivity index (χ1) is 11.7. The van der Waals surface area contributed by atoms with Gasteiger partial charge in [-0.15, -0.1) is 0 Å². The van der Waals surface area contributed by atoms with E-state index in [2.05, 4.69) is 16.3 Å². The van der Waals surface area contributed by atoms with Crippen LogP contribution in [-0.2, 0) is 4.79 Å². The van der Waals surface area contributed by atoms with Crippen molar-refractivity contribution in [1.29, 1.82) is 0 Å². The lowest BCUT2D eigenvalue weighted by atomic mass is 10.1. The Morgan fingerprint density at radius 2 is 1.71 bits per heavy atom. The maximum Gasteiger partial charge on any atom is 0.248 e. The van der Waals surface area contributed by atoms with E-state index in [9.17, 15) is 4.79 Å². The molecule has 0 aliphatic carbocycles. The highest BCUT2D eigenvalue weighted by Crippen LogP contribution is 2.28. The van der Waals surface area contributed by atoms with Gasteiger partial charge in [0.25, 0.3) is 0 Å². The molecule has 1 aliphatic rings. The number of anilines is 2. The van der Waals surface area contributed by atoms with Crippen molar-refractivity contribution in [3.63, 3.8) is 0 Å². The SMILES string of the molecule is O=C(/C=C/c1ccc(Cl)cc1)Nc1ccccc1N1CCCCC1. The highest BCUT2D eigenvalue weighted by molar-refractivity contribution is 6.30. The molecule has 124 valence electrons. The van der Waals surface area contributed by atoms with Crippen molar-refractivity contribution in [1.82, 2.24) is 0 Å². The number of carbonyl (C=O) groups is 1. The van der Waals surface area contributed by atoms with E-state index in [1.807, 2.05) is 42.5 Å². The van der Waals surface area contributed by atoms with Gasteiger partial charge in [0.2, 0.25) is 5.91 Å². The third kappa shape index (κ3) is 4.39. The predicted molar refractivity (Wildman–Crippen MR) is 102 cm³/mol. The van der Waals surface area contributed by atoms with Crippen molar-refractivity contribution >= 4 is 35.0 Å². The Morgan fingerprint density at radius 1 is 1.00 bits per heavy atom. The van der Waals surface area contributed by atoms with Crippen molar-refractivity contribution in [2.75, 3.05) is 23.3 Å². The van der Waals surface area contributed by atoms with E-state index in [1.54, 1.807) is 12.2 Å². The van der Waals surface area contributed by atoms with E-state index in [0.717, 1.165) is 30.0 Å². The van der Waals surface area contributed by atoms with Gasteiger partial charge in [-0.3, -0.25) is 4.79 Å². The molecule has 4 heteroatoms. The standard InChI is InChI=1S/C20H21ClN2O/c21-17-11-8-16(9-12-17)10-13-20(24)22-18-6-2-3-7-19(18)23-14-4-1-5-15-23/h2-3,6-13H,1,4-5,14-15H2,(H,22,24)/b13-10+. The Balaban J connectivity index is 1.69. The van der Waals surface area contributed by atoms with Crippen LogP contribution in [0.15, 0.2) is 54.6 Å². The van der Waals surface area contributed by atoms with Crippen molar-refractivity contribution in [3.05, 3.63) is 65.2 Å². The van der Waals surface area contributed by atoms with Crippen molar-refractivity contribution in [2.24, 2.45) is 0 Å². The fourth-order valence-corrected chi connectivity index (χ4v) is 3.04. The number of hydrogen-bond acceptors (Lipinski definition) is 2. The van der Waals surface area contributed by atoms with E-state index in [1.165, 1.54) is 19.3 Å². The molecule has 0 radical (unpaired) electrons. The molecular formula is C20H21ClN2O. The second-order valence-corrected chi connectivity index (χ2v) is 6.38. The Hall–Kier alpha value is -2.26. The van der Waals surface area contributed by atoms with Gasteiger partial charge in [-0.2, -0.15) is 0 Å². The van der Waals surface area contributed by atoms with Crippen molar-refractivity contribution < 1.29 is 4.79 Å². The number of carbonyl (C=O) groups excluding carboxylic acids is 1. The van der Waals surface area contributed by atoms with Crippen LogP contribution in [0.1, 0.15) is 24.8 Å². The van der Waals surface area contributed by atoms with E-state index in [-0.39, 0.29) is 5.91 Å². The van der Waals surface area contributed by atoms with Gasteiger partial charge in [-0.25, -0.2) is 0 Å². The monoisotopic (exact) mass is 340 g/mol. The molecular weight excluding hydrogens is 320 g/mol. The molecule has 1 heterocycles. The number of halogens is 1. The minimum Gasteiger partial charge on any atom is -0.370 e. The average Bonchev–Trinajstić information content (AvgIpc) is 2.62. The molecule has 0 spiro atoms. The summed E-state index contributed by atoms with van der Waals surface area (Å²) >= 11 is 5.86. The summed E-state index contributed by atoms with van der Waals surface area (Å²) in [7, 11) is 0. The van der Waals surface area contributed by atoms with Gasteiger partial charge in [0.1, 0.15) is 0 Å². The minimum atomic E-state index is -0.130. The Bertz CT molecular complexity index is 719. The fourth-order valence-electron chi connectivity index (χ4n) is 2.91. The van der Waals surface area contributed by atoms with Crippen LogP contribution in [-0.4, -0.2) is 19.0 Å². The summed E-state index contributed by atoms with van der Waals surface area (Å²) in [6.45, 7) is 2.10. The summed E-state index contributed by atoms with van der Waals surface area (Å²) in [5.74, 6) is -0.130. The molecule has 1 fully saturated rings. The number of para-hydroxylation sites is 2. The fraction of sp³-hybridized carbons (Fsp3) is 0.250. The summed E-state index contributed by atoms with van der Waals surface area (Å²) in [4.78, 5) is 14.6. The minimum absolute atomic E-state index is 0.130. The summed E-state index contributed by atoms with van der Waals surface area (Å²) < 4.78 is 0.